The maximum Gasteiger partial charge on any atom is 0.435 e. The van der Waals surface area contributed by atoms with Crippen LogP contribution in [0.4, 0.5) is 30.4 Å². The molecule has 4 aromatic rings. The zero-order valence-electron chi connectivity index (χ0n) is 13.8. The number of hydrogen-bond donors (Lipinski definition) is 2. The molecule has 9 heteroatoms. The van der Waals surface area contributed by atoms with Gasteiger partial charge in [-0.2, -0.15) is 13.2 Å². The molecule has 0 saturated carbocycles. The smallest absolute Gasteiger partial charge is 0.399 e. The molecular weight excluding hydrogens is 357 g/mol. The first-order valence-electron chi connectivity index (χ1n) is 7.91. The van der Waals surface area contributed by atoms with Gasteiger partial charge in [-0.15, -0.1) is 0 Å². The normalized spacial score (nSPS) is 11.7. The number of fused-ring (bicyclic) bond motifs is 1. The quantitative estimate of drug-likeness (QED) is 0.530. The van der Waals surface area contributed by atoms with E-state index in [1.54, 1.807) is 36.4 Å². The van der Waals surface area contributed by atoms with Crippen LogP contribution in [-0.2, 0) is 6.18 Å². The van der Waals surface area contributed by atoms with Crippen LogP contribution >= 0.6 is 0 Å². The molecule has 0 fully saturated rings. The fourth-order valence-electron chi connectivity index (χ4n) is 2.69. The van der Waals surface area contributed by atoms with E-state index < -0.39 is 11.9 Å². The summed E-state index contributed by atoms with van der Waals surface area (Å²) in [6.07, 6.45) is -0.408. The number of nitrogen functional groups attached to an aromatic ring is 1. The minimum Gasteiger partial charge on any atom is -0.399 e. The maximum absolute atomic E-state index is 13.5. The summed E-state index contributed by atoms with van der Waals surface area (Å²) < 4.78 is 41.9. The van der Waals surface area contributed by atoms with Gasteiger partial charge in [0.2, 0.25) is 0 Å². The van der Waals surface area contributed by atoms with Gasteiger partial charge in [0.1, 0.15) is 22.9 Å². The molecule has 136 valence electrons. The molecule has 0 spiro atoms. The van der Waals surface area contributed by atoms with E-state index in [0.29, 0.717) is 17.2 Å². The lowest BCUT2D eigenvalue weighted by atomic mass is 10.2. The summed E-state index contributed by atoms with van der Waals surface area (Å²) in [5.74, 6) is 0.302. The fourth-order valence-corrected chi connectivity index (χ4v) is 2.69. The summed E-state index contributed by atoms with van der Waals surface area (Å²) in [6, 6.07) is 11.6. The second kappa shape index (κ2) is 6.27. The van der Waals surface area contributed by atoms with Crippen LogP contribution in [0.15, 0.2) is 61.1 Å². The Balaban J connectivity index is 1.81. The highest BCUT2D eigenvalue weighted by molar-refractivity contribution is 5.67. The summed E-state index contributed by atoms with van der Waals surface area (Å²) in [5, 5.41) is 3.00. The predicted molar refractivity (Wildman–Crippen MR) is 95.4 cm³/mol. The molecule has 0 saturated heterocycles. The molecule has 0 atom stereocenters. The second-order valence-electron chi connectivity index (χ2n) is 5.77. The van der Waals surface area contributed by atoms with Gasteiger partial charge in [0, 0.05) is 17.6 Å². The number of imidazole rings is 1. The molecule has 0 aliphatic heterocycles. The van der Waals surface area contributed by atoms with E-state index in [4.69, 9.17) is 5.73 Å². The zero-order valence-corrected chi connectivity index (χ0v) is 13.8. The van der Waals surface area contributed by atoms with Gasteiger partial charge in [0.25, 0.3) is 0 Å². The third-order valence-corrected chi connectivity index (χ3v) is 3.86. The van der Waals surface area contributed by atoms with E-state index in [-0.39, 0.29) is 17.0 Å². The van der Waals surface area contributed by atoms with Gasteiger partial charge >= 0.3 is 6.18 Å². The number of anilines is 3. The molecule has 4 rings (SSSR count). The summed E-state index contributed by atoms with van der Waals surface area (Å²) in [4.78, 5) is 12.0. The van der Waals surface area contributed by atoms with Crippen LogP contribution in [0.1, 0.15) is 5.69 Å². The van der Waals surface area contributed by atoms with Gasteiger partial charge in [-0.1, -0.05) is 6.07 Å². The molecule has 1 aromatic carbocycles. The number of alkyl halides is 3. The predicted octanol–water partition coefficient (Wildman–Crippen LogP) is 4.14. The van der Waals surface area contributed by atoms with Crippen molar-refractivity contribution in [3.63, 3.8) is 0 Å². The summed E-state index contributed by atoms with van der Waals surface area (Å²) >= 11 is 0. The highest BCUT2D eigenvalue weighted by Gasteiger charge is 2.38. The van der Waals surface area contributed by atoms with Crippen molar-refractivity contribution in [3.8, 4) is 11.4 Å². The third-order valence-electron chi connectivity index (χ3n) is 3.86. The Kier molecular flexibility index (Phi) is 3.91. The second-order valence-corrected chi connectivity index (χ2v) is 5.77. The van der Waals surface area contributed by atoms with Crippen molar-refractivity contribution in [3.05, 3.63) is 66.7 Å². The van der Waals surface area contributed by atoms with Crippen LogP contribution < -0.4 is 11.1 Å². The molecule has 27 heavy (non-hydrogen) atoms. The lowest BCUT2D eigenvalue weighted by Gasteiger charge is -2.10. The number of pyridine rings is 1. The number of rotatable bonds is 3. The standard InChI is InChI=1S/C18H13F3N6/c19-18(20,21)17-16(27-8-2-1-3-15(27)26-17)13-9-23-10-14(25-13)24-12-6-4-11(22)5-7-12/h1-10H,22H2,(H,24,25). The van der Waals surface area contributed by atoms with Crippen LogP contribution in [0.5, 0.6) is 0 Å². The van der Waals surface area contributed by atoms with Gasteiger partial charge in [0.05, 0.1) is 12.4 Å². The maximum atomic E-state index is 13.5. The van der Waals surface area contributed by atoms with Gasteiger partial charge in [-0.3, -0.25) is 9.38 Å². The first-order chi connectivity index (χ1) is 12.9. The van der Waals surface area contributed by atoms with Crippen molar-refractivity contribution in [1.29, 1.82) is 0 Å². The molecule has 0 unspecified atom stereocenters. The number of halogens is 3. The van der Waals surface area contributed by atoms with Gasteiger partial charge in [0.15, 0.2) is 5.69 Å². The number of hydrogen-bond acceptors (Lipinski definition) is 5. The minimum atomic E-state index is -4.62. The van der Waals surface area contributed by atoms with Crippen LogP contribution in [-0.4, -0.2) is 19.4 Å². The van der Waals surface area contributed by atoms with E-state index >= 15 is 0 Å². The number of nitrogens with one attached hydrogen (secondary N) is 1. The monoisotopic (exact) mass is 370 g/mol. The zero-order chi connectivity index (χ0) is 19.0. The Bertz CT molecular complexity index is 1100. The molecule has 0 radical (unpaired) electrons. The van der Waals surface area contributed by atoms with Crippen molar-refractivity contribution >= 4 is 22.8 Å². The highest BCUT2D eigenvalue weighted by Crippen LogP contribution is 2.36. The molecule has 0 bridgehead atoms. The Labute approximate surface area is 151 Å². The van der Waals surface area contributed by atoms with Crippen LogP contribution in [0, 0.1) is 0 Å². The number of aromatic nitrogens is 4. The number of benzene rings is 1. The lowest BCUT2D eigenvalue weighted by Crippen LogP contribution is -2.09. The lowest BCUT2D eigenvalue weighted by molar-refractivity contribution is -0.140. The van der Waals surface area contributed by atoms with E-state index in [1.807, 2.05) is 0 Å². The summed E-state index contributed by atoms with van der Waals surface area (Å²) in [5.41, 5.74) is 6.00. The SMILES string of the molecule is Nc1ccc(Nc2cncc(-c3c(C(F)(F)F)nc4ccccn34)n2)cc1. The molecule has 0 aliphatic carbocycles. The first-order valence-corrected chi connectivity index (χ1v) is 7.91. The largest absolute Gasteiger partial charge is 0.435 e. The molecular formula is C18H13F3N6. The minimum absolute atomic E-state index is 0.0569. The van der Waals surface area contributed by atoms with Crippen LogP contribution in [0.3, 0.4) is 0 Å². The van der Waals surface area contributed by atoms with Crippen LogP contribution in [0.25, 0.3) is 17.0 Å². The average Bonchev–Trinajstić information content (AvgIpc) is 3.04. The third kappa shape index (κ3) is 3.26. The van der Waals surface area contributed by atoms with Gasteiger partial charge < -0.3 is 11.1 Å². The first kappa shape index (κ1) is 16.8. The number of nitrogens with zero attached hydrogens (tertiary/aromatic N) is 4. The number of nitrogens with two attached hydrogens (primary N) is 1. The van der Waals surface area contributed by atoms with Gasteiger partial charge in [-0.05, 0) is 36.4 Å². The van der Waals surface area contributed by atoms with Crippen molar-refractivity contribution < 1.29 is 13.2 Å². The Morgan fingerprint density at radius 1 is 0.963 bits per heavy atom. The molecule has 6 nitrogen and oxygen atoms in total. The van der Waals surface area contributed by atoms with E-state index in [0.717, 1.165) is 0 Å². The molecule has 3 N–H and O–H groups in total. The average molecular weight is 370 g/mol. The summed E-state index contributed by atoms with van der Waals surface area (Å²) in [7, 11) is 0. The van der Waals surface area contributed by atoms with Crippen molar-refractivity contribution in [1.82, 2.24) is 19.4 Å². The topological polar surface area (TPSA) is 81.1 Å². The molecule has 0 aliphatic rings. The Morgan fingerprint density at radius 2 is 1.74 bits per heavy atom. The fraction of sp³-hybridized carbons (Fsp3) is 0.0556. The molecule has 3 heterocycles. The molecule has 3 aromatic heterocycles. The molecule has 0 amide bonds. The van der Waals surface area contributed by atoms with Crippen molar-refractivity contribution in [2.45, 2.75) is 6.18 Å². The summed E-state index contributed by atoms with van der Waals surface area (Å²) in [6.45, 7) is 0. The van der Waals surface area contributed by atoms with Crippen LogP contribution in [0.2, 0.25) is 0 Å². The van der Waals surface area contributed by atoms with Crippen molar-refractivity contribution in [2.75, 3.05) is 11.1 Å². The Hall–Kier alpha value is -3.62. The highest BCUT2D eigenvalue weighted by atomic mass is 19.4. The van der Waals surface area contributed by atoms with Gasteiger partial charge in [-0.25, -0.2) is 9.97 Å². The van der Waals surface area contributed by atoms with Crippen molar-refractivity contribution in [2.24, 2.45) is 0 Å². The Morgan fingerprint density at radius 3 is 2.48 bits per heavy atom. The van der Waals surface area contributed by atoms with E-state index in [2.05, 4.69) is 20.3 Å². The van der Waals surface area contributed by atoms with E-state index in [9.17, 15) is 13.2 Å². The van der Waals surface area contributed by atoms with E-state index in [1.165, 1.54) is 29.1 Å².